The SMILES string of the molecule is CC[C@@H]1C[C@H]2C[C@@H]3C4=Nc5ccc(OC)cc5[C@@]4(O)CCN(C2)[C@H]13. The van der Waals surface area contributed by atoms with Crippen molar-refractivity contribution in [2.24, 2.45) is 22.7 Å². The van der Waals surface area contributed by atoms with E-state index in [-0.39, 0.29) is 0 Å². The van der Waals surface area contributed by atoms with Crippen molar-refractivity contribution in [3.05, 3.63) is 23.8 Å². The summed E-state index contributed by atoms with van der Waals surface area (Å²) in [5.41, 5.74) is 2.04. The van der Waals surface area contributed by atoms with Crippen molar-refractivity contribution >= 4 is 11.4 Å². The summed E-state index contributed by atoms with van der Waals surface area (Å²) >= 11 is 0. The molecule has 0 radical (unpaired) electrons. The van der Waals surface area contributed by atoms with Gasteiger partial charge in [-0.1, -0.05) is 13.3 Å². The number of methoxy groups -OCH3 is 1. The van der Waals surface area contributed by atoms with E-state index in [1.807, 2.05) is 18.2 Å². The molecule has 6 atom stereocenters. The molecule has 0 spiro atoms. The number of rotatable bonds is 2. The molecule has 4 aliphatic heterocycles. The summed E-state index contributed by atoms with van der Waals surface area (Å²) in [4.78, 5) is 7.64. The lowest BCUT2D eigenvalue weighted by atomic mass is 9.63. The second kappa shape index (κ2) is 5.06. The minimum Gasteiger partial charge on any atom is -0.497 e. The van der Waals surface area contributed by atoms with Gasteiger partial charge in [-0.15, -0.1) is 0 Å². The van der Waals surface area contributed by atoms with Crippen molar-refractivity contribution in [1.82, 2.24) is 4.90 Å². The maximum Gasteiger partial charge on any atom is 0.131 e. The highest BCUT2D eigenvalue weighted by molar-refractivity contribution is 6.02. The number of benzene rings is 1. The molecule has 1 N–H and O–H groups in total. The summed E-state index contributed by atoms with van der Waals surface area (Å²) in [5.74, 6) is 2.74. The lowest BCUT2D eigenvalue weighted by Gasteiger charge is -2.53. The Bertz CT molecular complexity index is 716. The number of aliphatic imine (C=N–C) groups is 1. The lowest BCUT2D eigenvalue weighted by Crippen LogP contribution is -2.58. The van der Waals surface area contributed by atoms with Crippen LogP contribution in [0.4, 0.5) is 5.69 Å². The summed E-state index contributed by atoms with van der Waals surface area (Å²) < 4.78 is 5.39. The summed E-state index contributed by atoms with van der Waals surface area (Å²) in [5, 5.41) is 11.7. The Morgan fingerprint density at radius 1 is 1.38 bits per heavy atom. The van der Waals surface area contributed by atoms with Crippen molar-refractivity contribution in [1.29, 1.82) is 0 Å². The molecule has 0 aromatic heterocycles. The minimum absolute atomic E-state index is 0.411. The van der Waals surface area contributed by atoms with Gasteiger partial charge in [0.25, 0.3) is 0 Å². The zero-order valence-corrected chi connectivity index (χ0v) is 14.5. The molecule has 4 fully saturated rings. The Kier molecular flexibility index (Phi) is 3.14. The summed E-state index contributed by atoms with van der Waals surface area (Å²) in [6.45, 7) is 4.51. The van der Waals surface area contributed by atoms with Gasteiger partial charge in [0.05, 0.1) is 18.5 Å². The van der Waals surface area contributed by atoms with Crippen LogP contribution < -0.4 is 4.74 Å². The fourth-order valence-electron chi connectivity index (χ4n) is 5.96. The number of piperidine rings is 2. The molecular formula is C20H26N2O2. The van der Waals surface area contributed by atoms with Gasteiger partial charge in [0, 0.05) is 30.6 Å². The van der Waals surface area contributed by atoms with E-state index in [2.05, 4.69) is 11.8 Å². The quantitative estimate of drug-likeness (QED) is 0.908. The van der Waals surface area contributed by atoms with Gasteiger partial charge in [-0.2, -0.15) is 0 Å². The number of ether oxygens (including phenoxy) is 1. The van der Waals surface area contributed by atoms with Crippen LogP contribution in [0, 0.1) is 17.8 Å². The Hall–Kier alpha value is -1.39. The van der Waals surface area contributed by atoms with Gasteiger partial charge in [-0.3, -0.25) is 9.89 Å². The van der Waals surface area contributed by atoms with Gasteiger partial charge < -0.3 is 9.84 Å². The molecule has 3 saturated heterocycles. The van der Waals surface area contributed by atoms with E-state index in [0.29, 0.717) is 12.0 Å². The van der Waals surface area contributed by atoms with E-state index in [0.717, 1.165) is 47.5 Å². The van der Waals surface area contributed by atoms with Gasteiger partial charge in [0.2, 0.25) is 0 Å². The first-order valence-corrected chi connectivity index (χ1v) is 9.38. The molecule has 24 heavy (non-hydrogen) atoms. The van der Waals surface area contributed by atoms with E-state index in [1.165, 1.54) is 25.8 Å². The van der Waals surface area contributed by atoms with E-state index in [4.69, 9.17) is 9.73 Å². The van der Waals surface area contributed by atoms with Crippen LogP contribution in [0.15, 0.2) is 23.2 Å². The Morgan fingerprint density at radius 2 is 2.25 bits per heavy atom. The second-order valence-corrected chi connectivity index (χ2v) is 8.09. The zero-order valence-electron chi connectivity index (χ0n) is 14.5. The highest BCUT2D eigenvalue weighted by Crippen LogP contribution is 2.53. The first kappa shape index (κ1) is 14.9. The largest absolute Gasteiger partial charge is 0.497 e. The second-order valence-electron chi connectivity index (χ2n) is 8.09. The Labute approximate surface area is 143 Å². The molecule has 6 rings (SSSR count). The van der Waals surface area contributed by atoms with Gasteiger partial charge in [-0.05, 0) is 49.3 Å². The van der Waals surface area contributed by atoms with Gasteiger partial charge in [0.15, 0.2) is 0 Å². The highest BCUT2D eigenvalue weighted by atomic mass is 16.5. The molecule has 4 heteroatoms. The third-order valence-corrected chi connectivity index (χ3v) is 6.98. The third-order valence-electron chi connectivity index (χ3n) is 6.98. The molecular weight excluding hydrogens is 300 g/mol. The standard InChI is InChI=1S/C20H26N2O2/c1-3-13-8-12-9-15-18(13)22(11-12)7-6-20(23)16-10-14(24-2)4-5-17(16)21-19(15)20/h4-5,10,12-13,15,18,23H,3,6-9,11H2,1-2H3/t12-,13+,15-,18+,20-/m0/s1. The Balaban J connectivity index is 1.62. The molecule has 128 valence electrons. The van der Waals surface area contributed by atoms with Crippen molar-refractivity contribution in [3.63, 3.8) is 0 Å². The predicted octanol–water partition coefficient (Wildman–Crippen LogP) is 3.11. The topological polar surface area (TPSA) is 45.1 Å². The van der Waals surface area contributed by atoms with Crippen LogP contribution in [-0.4, -0.2) is 42.0 Å². The van der Waals surface area contributed by atoms with Gasteiger partial charge in [0.1, 0.15) is 11.4 Å². The number of hydrogen-bond acceptors (Lipinski definition) is 4. The summed E-state index contributed by atoms with van der Waals surface area (Å²) in [6.07, 6.45) is 4.55. The van der Waals surface area contributed by atoms with E-state index in [1.54, 1.807) is 7.11 Å². The molecule has 1 aliphatic carbocycles. The van der Waals surface area contributed by atoms with Crippen LogP contribution >= 0.6 is 0 Å². The molecule has 4 heterocycles. The highest BCUT2D eigenvalue weighted by Gasteiger charge is 2.56. The van der Waals surface area contributed by atoms with Crippen molar-refractivity contribution < 1.29 is 9.84 Å². The van der Waals surface area contributed by atoms with Gasteiger partial charge >= 0.3 is 0 Å². The van der Waals surface area contributed by atoms with Crippen molar-refractivity contribution in [3.8, 4) is 5.75 Å². The number of aliphatic hydroxyl groups is 1. The predicted molar refractivity (Wildman–Crippen MR) is 94.0 cm³/mol. The molecule has 4 nitrogen and oxygen atoms in total. The summed E-state index contributed by atoms with van der Waals surface area (Å²) in [7, 11) is 1.68. The summed E-state index contributed by atoms with van der Waals surface area (Å²) in [6, 6.07) is 6.52. The number of nitrogens with zero attached hydrogens (tertiary/aromatic N) is 2. The molecule has 1 saturated carbocycles. The van der Waals surface area contributed by atoms with Crippen LogP contribution in [0.2, 0.25) is 0 Å². The van der Waals surface area contributed by atoms with Crippen LogP contribution in [0.25, 0.3) is 0 Å². The first-order chi connectivity index (χ1) is 11.6. The molecule has 5 aliphatic rings. The normalized spacial score (nSPS) is 42.1. The van der Waals surface area contributed by atoms with E-state index >= 15 is 0 Å². The number of fused-ring (bicyclic) bond motifs is 4. The third kappa shape index (κ3) is 1.84. The maximum atomic E-state index is 11.7. The molecule has 4 bridgehead atoms. The number of hydrogen-bond donors (Lipinski definition) is 1. The van der Waals surface area contributed by atoms with Crippen LogP contribution in [0.5, 0.6) is 5.75 Å². The average Bonchev–Trinajstić information content (AvgIpc) is 2.88. The van der Waals surface area contributed by atoms with Crippen molar-refractivity contribution in [2.75, 3.05) is 20.2 Å². The fourth-order valence-corrected chi connectivity index (χ4v) is 5.96. The zero-order chi connectivity index (χ0) is 16.5. The molecule has 1 unspecified atom stereocenters. The van der Waals surface area contributed by atoms with Crippen LogP contribution in [0.1, 0.15) is 38.2 Å². The smallest absolute Gasteiger partial charge is 0.131 e. The molecule has 0 amide bonds. The van der Waals surface area contributed by atoms with E-state index < -0.39 is 5.60 Å². The maximum absolute atomic E-state index is 11.7. The lowest BCUT2D eigenvalue weighted by molar-refractivity contribution is -0.0182. The van der Waals surface area contributed by atoms with Crippen LogP contribution in [-0.2, 0) is 5.60 Å². The van der Waals surface area contributed by atoms with Crippen LogP contribution in [0.3, 0.4) is 0 Å². The first-order valence-electron chi connectivity index (χ1n) is 9.38. The molecule has 1 aromatic rings. The van der Waals surface area contributed by atoms with Crippen molar-refractivity contribution in [2.45, 2.75) is 44.2 Å². The average molecular weight is 326 g/mol. The Morgan fingerprint density at radius 3 is 3.04 bits per heavy atom. The van der Waals surface area contributed by atoms with E-state index in [9.17, 15) is 5.11 Å². The fraction of sp³-hybridized carbons (Fsp3) is 0.650. The monoisotopic (exact) mass is 326 g/mol. The minimum atomic E-state index is -0.897. The molecule has 1 aromatic carbocycles. The van der Waals surface area contributed by atoms with Gasteiger partial charge in [-0.25, -0.2) is 0 Å².